The maximum Gasteiger partial charge on any atom is 0.240 e. The minimum absolute atomic E-state index is 0.0144. The van der Waals surface area contributed by atoms with Crippen LogP contribution in [0.2, 0.25) is 0 Å². The lowest BCUT2D eigenvalue weighted by Crippen LogP contribution is -2.44. The average molecular weight is 359 g/mol. The summed E-state index contributed by atoms with van der Waals surface area (Å²) in [6, 6.07) is 15.6. The second kappa shape index (κ2) is 7.68. The molecule has 1 heterocycles. The summed E-state index contributed by atoms with van der Waals surface area (Å²) in [6.07, 6.45) is 1.69. The highest BCUT2D eigenvalue weighted by Crippen LogP contribution is 2.17. The van der Waals surface area contributed by atoms with E-state index in [2.05, 4.69) is 40.8 Å². The fraction of sp³-hybridized carbons (Fsp3) is 0.400. The molecule has 4 nitrogen and oxygen atoms in total. The van der Waals surface area contributed by atoms with Crippen molar-refractivity contribution >= 4 is 10.0 Å². The third-order valence-corrected chi connectivity index (χ3v) is 6.30. The van der Waals surface area contributed by atoms with Gasteiger partial charge in [-0.3, -0.25) is 4.90 Å². The van der Waals surface area contributed by atoms with Gasteiger partial charge in [0.2, 0.25) is 10.0 Å². The summed E-state index contributed by atoms with van der Waals surface area (Å²) in [6.45, 7) is 6.80. The van der Waals surface area contributed by atoms with E-state index in [0.717, 1.165) is 38.0 Å². The molecule has 0 unspecified atom stereocenters. The summed E-state index contributed by atoms with van der Waals surface area (Å²) in [4.78, 5) is 2.74. The van der Waals surface area contributed by atoms with Gasteiger partial charge in [-0.05, 0) is 44.4 Å². The van der Waals surface area contributed by atoms with Crippen molar-refractivity contribution in [1.82, 2.24) is 9.62 Å². The second-order valence-electron chi connectivity index (χ2n) is 6.97. The van der Waals surface area contributed by atoms with Crippen molar-refractivity contribution in [3.05, 3.63) is 65.2 Å². The van der Waals surface area contributed by atoms with Gasteiger partial charge in [0.25, 0.3) is 0 Å². The standard InChI is InChI=1S/C20H26N2O2S/c1-16-3-7-18(8-4-16)15-22-13-11-19(12-14-22)21-25(23,24)20-9-5-17(2)6-10-20/h3-10,19,21H,11-15H2,1-2H3. The second-order valence-corrected chi connectivity index (χ2v) is 8.68. The molecule has 25 heavy (non-hydrogen) atoms. The van der Waals surface area contributed by atoms with Crippen LogP contribution in [0, 0.1) is 13.8 Å². The van der Waals surface area contributed by atoms with Crippen molar-refractivity contribution in [3.63, 3.8) is 0 Å². The van der Waals surface area contributed by atoms with Crippen LogP contribution in [0.1, 0.15) is 29.5 Å². The average Bonchev–Trinajstić information content (AvgIpc) is 2.59. The van der Waals surface area contributed by atoms with Gasteiger partial charge in [-0.2, -0.15) is 0 Å². The highest BCUT2D eigenvalue weighted by Gasteiger charge is 2.24. The summed E-state index contributed by atoms with van der Waals surface area (Å²) in [7, 11) is -3.43. The van der Waals surface area contributed by atoms with Crippen LogP contribution in [-0.2, 0) is 16.6 Å². The zero-order valence-corrected chi connectivity index (χ0v) is 15.7. The van der Waals surface area contributed by atoms with Crippen LogP contribution < -0.4 is 4.72 Å². The number of hydrogen-bond donors (Lipinski definition) is 1. The van der Waals surface area contributed by atoms with Crippen molar-refractivity contribution in [1.29, 1.82) is 0 Å². The third-order valence-electron chi connectivity index (χ3n) is 4.77. The Labute approximate surface area is 150 Å². The number of nitrogens with one attached hydrogen (secondary N) is 1. The Morgan fingerprint density at radius 3 is 2.00 bits per heavy atom. The highest BCUT2D eigenvalue weighted by molar-refractivity contribution is 7.89. The summed E-state index contributed by atoms with van der Waals surface area (Å²) in [5, 5.41) is 0. The number of likely N-dealkylation sites (tertiary alicyclic amines) is 1. The van der Waals surface area contributed by atoms with Gasteiger partial charge in [0.15, 0.2) is 0 Å². The van der Waals surface area contributed by atoms with E-state index in [1.165, 1.54) is 11.1 Å². The van der Waals surface area contributed by atoms with E-state index in [0.29, 0.717) is 4.90 Å². The molecule has 5 heteroatoms. The summed E-state index contributed by atoms with van der Waals surface area (Å²) < 4.78 is 27.9. The molecule has 0 spiro atoms. The molecule has 1 aliphatic heterocycles. The van der Waals surface area contributed by atoms with Gasteiger partial charge < -0.3 is 0 Å². The van der Waals surface area contributed by atoms with Crippen LogP contribution in [0.5, 0.6) is 0 Å². The molecule has 1 saturated heterocycles. The van der Waals surface area contributed by atoms with Crippen LogP contribution in [0.15, 0.2) is 53.4 Å². The van der Waals surface area contributed by atoms with Crippen LogP contribution in [0.25, 0.3) is 0 Å². The lowest BCUT2D eigenvalue weighted by Gasteiger charge is -2.32. The van der Waals surface area contributed by atoms with E-state index in [-0.39, 0.29) is 6.04 Å². The molecule has 1 N–H and O–H groups in total. The van der Waals surface area contributed by atoms with Gasteiger partial charge in [0, 0.05) is 25.7 Å². The van der Waals surface area contributed by atoms with Crippen LogP contribution in [-0.4, -0.2) is 32.4 Å². The Kier molecular flexibility index (Phi) is 5.57. The molecule has 0 saturated carbocycles. The Bertz CT molecular complexity index is 791. The van der Waals surface area contributed by atoms with Gasteiger partial charge in [0.1, 0.15) is 0 Å². The van der Waals surface area contributed by atoms with Gasteiger partial charge in [-0.25, -0.2) is 13.1 Å². The first-order valence-corrected chi connectivity index (χ1v) is 10.3. The predicted octanol–water partition coefficient (Wildman–Crippen LogP) is 3.25. The van der Waals surface area contributed by atoms with Crippen LogP contribution in [0.3, 0.4) is 0 Å². The smallest absolute Gasteiger partial charge is 0.240 e. The summed E-state index contributed by atoms with van der Waals surface area (Å²) in [5.74, 6) is 0. The molecule has 2 aromatic rings. The number of sulfonamides is 1. The quantitative estimate of drug-likeness (QED) is 0.893. The molecule has 2 aromatic carbocycles. The van der Waals surface area contributed by atoms with Crippen molar-refractivity contribution < 1.29 is 8.42 Å². The Balaban J connectivity index is 1.53. The van der Waals surface area contributed by atoms with Gasteiger partial charge in [0.05, 0.1) is 4.90 Å². The molecule has 3 rings (SSSR count). The topological polar surface area (TPSA) is 49.4 Å². The third kappa shape index (κ3) is 4.91. The lowest BCUT2D eigenvalue weighted by molar-refractivity contribution is 0.200. The molecule has 0 bridgehead atoms. The maximum atomic E-state index is 12.5. The largest absolute Gasteiger partial charge is 0.299 e. The molecule has 0 amide bonds. The number of nitrogens with zero attached hydrogens (tertiary/aromatic N) is 1. The fourth-order valence-electron chi connectivity index (χ4n) is 3.17. The SMILES string of the molecule is Cc1ccc(CN2CCC(NS(=O)(=O)c3ccc(C)cc3)CC2)cc1. The number of hydrogen-bond acceptors (Lipinski definition) is 3. The zero-order valence-electron chi connectivity index (χ0n) is 14.9. The summed E-state index contributed by atoms with van der Waals surface area (Å²) in [5.41, 5.74) is 3.64. The molecule has 1 fully saturated rings. The van der Waals surface area contributed by atoms with E-state index < -0.39 is 10.0 Å². The first-order chi connectivity index (χ1) is 11.9. The zero-order chi connectivity index (χ0) is 17.9. The van der Waals surface area contributed by atoms with Crippen molar-refractivity contribution in [3.8, 4) is 0 Å². The first kappa shape index (κ1) is 18.1. The molecule has 1 aliphatic rings. The molecular weight excluding hydrogens is 332 g/mol. The Morgan fingerprint density at radius 2 is 1.44 bits per heavy atom. The highest BCUT2D eigenvalue weighted by atomic mass is 32.2. The van der Waals surface area contributed by atoms with E-state index in [4.69, 9.17) is 0 Å². The number of rotatable bonds is 5. The number of piperidine rings is 1. The van der Waals surface area contributed by atoms with Crippen molar-refractivity contribution in [2.75, 3.05) is 13.1 Å². The maximum absolute atomic E-state index is 12.5. The van der Waals surface area contributed by atoms with Crippen LogP contribution in [0.4, 0.5) is 0 Å². The lowest BCUT2D eigenvalue weighted by atomic mass is 10.0. The first-order valence-electron chi connectivity index (χ1n) is 8.79. The minimum Gasteiger partial charge on any atom is -0.299 e. The van der Waals surface area contributed by atoms with Gasteiger partial charge in [-0.1, -0.05) is 47.5 Å². The van der Waals surface area contributed by atoms with Crippen LogP contribution >= 0.6 is 0 Å². The number of benzene rings is 2. The molecule has 134 valence electrons. The van der Waals surface area contributed by atoms with E-state index in [1.54, 1.807) is 12.1 Å². The normalized spacial score (nSPS) is 16.9. The fourth-order valence-corrected chi connectivity index (χ4v) is 4.47. The predicted molar refractivity (Wildman–Crippen MR) is 101 cm³/mol. The van der Waals surface area contributed by atoms with E-state index >= 15 is 0 Å². The molecule has 0 radical (unpaired) electrons. The van der Waals surface area contributed by atoms with Crippen molar-refractivity contribution in [2.24, 2.45) is 0 Å². The summed E-state index contributed by atoms with van der Waals surface area (Å²) >= 11 is 0. The van der Waals surface area contributed by atoms with E-state index in [1.807, 2.05) is 19.1 Å². The Morgan fingerprint density at radius 1 is 0.920 bits per heavy atom. The monoisotopic (exact) mass is 358 g/mol. The Hall–Kier alpha value is -1.69. The van der Waals surface area contributed by atoms with E-state index in [9.17, 15) is 8.42 Å². The van der Waals surface area contributed by atoms with Crippen molar-refractivity contribution in [2.45, 2.75) is 44.2 Å². The minimum atomic E-state index is -3.43. The van der Waals surface area contributed by atoms with Gasteiger partial charge in [-0.15, -0.1) is 0 Å². The molecule has 0 atom stereocenters. The van der Waals surface area contributed by atoms with Gasteiger partial charge >= 0.3 is 0 Å². The molecule has 0 aliphatic carbocycles. The molecular formula is C20H26N2O2S. The number of aryl methyl sites for hydroxylation is 2. The molecule has 0 aromatic heterocycles.